The van der Waals surface area contributed by atoms with Crippen molar-refractivity contribution in [1.82, 2.24) is 0 Å². The highest BCUT2D eigenvalue weighted by atomic mass is 79.9. The number of nitrogens with two attached hydrogens (primary N) is 1. The van der Waals surface area contributed by atoms with Crippen molar-refractivity contribution >= 4 is 21.8 Å². The van der Waals surface area contributed by atoms with Gasteiger partial charge in [0.15, 0.2) is 0 Å². The van der Waals surface area contributed by atoms with Crippen LogP contribution in [0.3, 0.4) is 0 Å². The summed E-state index contributed by atoms with van der Waals surface area (Å²) >= 11 is 3.35. The molecule has 0 amide bonds. The molecule has 5 heteroatoms. The molecule has 80 valence electrons. The number of benzene rings is 1. The quantitative estimate of drug-likeness (QED) is 0.646. The molecular weight excluding hydrogens is 260 g/mol. The summed E-state index contributed by atoms with van der Waals surface area (Å²) in [6.07, 6.45) is 0.0809. The molecular formula is C10H11BrN2O2. The maximum Gasteiger partial charge on any atom is 0.145 e. The fourth-order valence-corrected chi connectivity index (χ4v) is 1.89. The minimum atomic E-state index is -0.00211. The van der Waals surface area contributed by atoms with E-state index in [2.05, 4.69) is 15.9 Å². The first-order valence-electron chi connectivity index (χ1n) is 4.56. The summed E-state index contributed by atoms with van der Waals surface area (Å²) in [6.45, 7) is 1.20. The van der Waals surface area contributed by atoms with E-state index in [1.807, 2.05) is 12.1 Å². The number of nitrogen functional groups attached to an aromatic ring is 1. The molecule has 1 saturated heterocycles. The van der Waals surface area contributed by atoms with Crippen molar-refractivity contribution in [3.05, 3.63) is 28.2 Å². The van der Waals surface area contributed by atoms with Crippen LogP contribution in [0.25, 0.3) is 0 Å². The van der Waals surface area contributed by atoms with Crippen LogP contribution in [0, 0.1) is 5.41 Å². The Bertz CT molecular complexity index is 391. The molecule has 0 saturated carbocycles. The Labute approximate surface area is 96.0 Å². The first-order chi connectivity index (χ1) is 7.18. The van der Waals surface area contributed by atoms with Gasteiger partial charge in [-0.25, -0.2) is 0 Å². The summed E-state index contributed by atoms with van der Waals surface area (Å²) < 4.78 is 11.4. The van der Waals surface area contributed by atoms with Crippen LogP contribution >= 0.6 is 15.9 Å². The number of ether oxygens (including phenoxy) is 2. The Balaban J connectivity index is 2.27. The van der Waals surface area contributed by atoms with E-state index >= 15 is 0 Å². The van der Waals surface area contributed by atoms with Crippen LogP contribution in [0.5, 0.6) is 5.75 Å². The molecule has 4 nitrogen and oxygen atoms in total. The van der Waals surface area contributed by atoms with Crippen molar-refractivity contribution in [3.8, 4) is 5.75 Å². The van der Waals surface area contributed by atoms with Gasteiger partial charge in [-0.1, -0.05) is 6.07 Å². The van der Waals surface area contributed by atoms with E-state index in [9.17, 15) is 0 Å². The van der Waals surface area contributed by atoms with E-state index in [1.165, 1.54) is 0 Å². The lowest BCUT2D eigenvalue weighted by molar-refractivity contribution is -0.0797. The van der Waals surface area contributed by atoms with Crippen molar-refractivity contribution in [2.24, 2.45) is 5.73 Å². The van der Waals surface area contributed by atoms with Crippen LogP contribution in [-0.2, 0) is 4.74 Å². The Kier molecular flexibility index (Phi) is 2.93. The molecule has 1 aliphatic rings. The maximum atomic E-state index is 7.47. The zero-order valence-corrected chi connectivity index (χ0v) is 9.58. The van der Waals surface area contributed by atoms with Crippen molar-refractivity contribution < 1.29 is 9.47 Å². The van der Waals surface area contributed by atoms with E-state index < -0.39 is 0 Å². The Morgan fingerprint density at radius 3 is 2.80 bits per heavy atom. The molecule has 0 unspecified atom stereocenters. The van der Waals surface area contributed by atoms with Gasteiger partial charge in [0, 0.05) is 4.47 Å². The summed E-state index contributed by atoms with van der Waals surface area (Å²) in [4.78, 5) is 0. The van der Waals surface area contributed by atoms with E-state index in [0.717, 1.165) is 4.47 Å². The number of nitrogens with one attached hydrogen (secondary N) is 1. The molecule has 1 heterocycles. The van der Waals surface area contributed by atoms with Crippen LogP contribution in [0.4, 0.5) is 0 Å². The highest BCUT2D eigenvalue weighted by molar-refractivity contribution is 9.10. The summed E-state index contributed by atoms with van der Waals surface area (Å²) in [6, 6.07) is 5.49. The molecule has 15 heavy (non-hydrogen) atoms. The predicted molar refractivity (Wildman–Crippen MR) is 60.4 cm³/mol. The van der Waals surface area contributed by atoms with Gasteiger partial charge in [0.25, 0.3) is 0 Å². The van der Waals surface area contributed by atoms with Crippen molar-refractivity contribution in [2.75, 3.05) is 13.2 Å². The van der Waals surface area contributed by atoms with Crippen LogP contribution in [-0.4, -0.2) is 25.2 Å². The zero-order valence-electron chi connectivity index (χ0n) is 8.00. The van der Waals surface area contributed by atoms with Gasteiger partial charge in [0.1, 0.15) is 17.7 Å². The van der Waals surface area contributed by atoms with E-state index in [0.29, 0.717) is 24.5 Å². The maximum absolute atomic E-state index is 7.47. The van der Waals surface area contributed by atoms with Gasteiger partial charge in [-0.3, -0.25) is 5.41 Å². The van der Waals surface area contributed by atoms with Gasteiger partial charge in [-0.2, -0.15) is 0 Å². The molecule has 0 aromatic heterocycles. The summed E-state index contributed by atoms with van der Waals surface area (Å²) in [5.74, 6) is 0.628. The van der Waals surface area contributed by atoms with Crippen molar-refractivity contribution in [1.29, 1.82) is 5.41 Å². The second kappa shape index (κ2) is 4.20. The fourth-order valence-electron chi connectivity index (χ4n) is 1.33. The molecule has 3 N–H and O–H groups in total. The van der Waals surface area contributed by atoms with Crippen LogP contribution in [0.15, 0.2) is 22.7 Å². The Morgan fingerprint density at radius 1 is 1.53 bits per heavy atom. The third-order valence-corrected chi connectivity index (χ3v) is 2.81. The average molecular weight is 271 g/mol. The molecule has 0 atom stereocenters. The molecule has 0 spiro atoms. The largest absolute Gasteiger partial charge is 0.485 e. The van der Waals surface area contributed by atoms with Crippen LogP contribution < -0.4 is 10.5 Å². The molecule has 1 aromatic carbocycles. The van der Waals surface area contributed by atoms with E-state index in [1.54, 1.807) is 6.07 Å². The normalized spacial score (nSPS) is 15.8. The van der Waals surface area contributed by atoms with Crippen LogP contribution in [0.1, 0.15) is 5.56 Å². The zero-order chi connectivity index (χ0) is 10.8. The second-order valence-corrected chi connectivity index (χ2v) is 4.16. The lowest BCUT2D eigenvalue weighted by Crippen LogP contribution is -2.39. The van der Waals surface area contributed by atoms with Gasteiger partial charge in [0.2, 0.25) is 0 Å². The topological polar surface area (TPSA) is 68.3 Å². The Morgan fingerprint density at radius 2 is 2.27 bits per heavy atom. The van der Waals surface area contributed by atoms with Gasteiger partial charge in [-0.15, -0.1) is 0 Å². The lowest BCUT2D eigenvalue weighted by atomic mass is 10.2. The third kappa shape index (κ3) is 2.13. The molecule has 0 bridgehead atoms. The first-order valence-corrected chi connectivity index (χ1v) is 5.35. The van der Waals surface area contributed by atoms with Crippen LogP contribution in [0.2, 0.25) is 0 Å². The summed E-state index contributed by atoms with van der Waals surface area (Å²) in [7, 11) is 0. The van der Waals surface area contributed by atoms with Crippen molar-refractivity contribution in [2.45, 2.75) is 6.10 Å². The number of rotatable bonds is 3. The van der Waals surface area contributed by atoms with Gasteiger partial charge in [-0.05, 0) is 28.1 Å². The minimum absolute atomic E-state index is 0.00211. The molecule has 1 aliphatic heterocycles. The van der Waals surface area contributed by atoms with Crippen molar-refractivity contribution in [3.63, 3.8) is 0 Å². The molecule has 0 aliphatic carbocycles. The van der Waals surface area contributed by atoms with Gasteiger partial charge >= 0.3 is 0 Å². The minimum Gasteiger partial charge on any atom is -0.485 e. The first kappa shape index (κ1) is 10.4. The van der Waals surface area contributed by atoms with E-state index in [-0.39, 0.29) is 11.9 Å². The number of amidine groups is 1. The van der Waals surface area contributed by atoms with Gasteiger partial charge in [0.05, 0.1) is 18.8 Å². The van der Waals surface area contributed by atoms with E-state index in [4.69, 9.17) is 20.6 Å². The monoisotopic (exact) mass is 270 g/mol. The third-order valence-electron chi connectivity index (χ3n) is 2.15. The summed E-state index contributed by atoms with van der Waals surface area (Å²) in [5.41, 5.74) is 6.09. The fraction of sp³-hybridized carbons (Fsp3) is 0.300. The molecule has 1 aromatic rings. The Hall–Kier alpha value is -1.07. The SMILES string of the molecule is N=C(N)c1c(Br)cccc1OC1COC1. The average Bonchev–Trinajstić information content (AvgIpc) is 2.10. The number of hydrogen-bond donors (Lipinski definition) is 2. The standard InChI is InChI=1S/C10H11BrN2O2/c11-7-2-1-3-8(9(7)10(12)13)15-6-4-14-5-6/h1-3,6H,4-5H2,(H3,12,13). The predicted octanol–water partition coefficient (Wildman–Crippen LogP) is 1.51. The number of halogens is 1. The highest BCUT2D eigenvalue weighted by Crippen LogP contribution is 2.27. The molecule has 0 radical (unpaired) electrons. The van der Waals surface area contributed by atoms with Gasteiger partial charge < -0.3 is 15.2 Å². The highest BCUT2D eigenvalue weighted by Gasteiger charge is 2.22. The summed E-state index contributed by atoms with van der Waals surface area (Å²) in [5, 5.41) is 7.47. The lowest BCUT2D eigenvalue weighted by Gasteiger charge is -2.27. The smallest absolute Gasteiger partial charge is 0.145 e. The number of hydrogen-bond acceptors (Lipinski definition) is 3. The second-order valence-electron chi connectivity index (χ2n) is 3.30. The molecule has 2 rings (SSSR count). The molecule has 1 fully saturated rings.